The molecule has 1 saturated carbocycles. The van der Waals surface area contributed by atoms with E-state index in [1.807, 2.05) is 18.0 Å². The third-order valence-corrected chi connectivity index (χ3v) is 6.25. The highest BCUT2D eigenvalue weighted by molar-refractivity contribution is 5.79. The fraction of sp³-hybridized carbons (Fsp3) is 0.636. The molecule has 0 unspecified atom stereocenters. The second kappa shape index (κ2) is 8.52. The van der Waals surface area contributed by atoms with Crippen LogP contribution in [0.5, 0.6) is 0 Å². The topological polar surface area (TPSA) is 59.4 Å². The number of fused-ring (bicyclic) bond motifs is 1. The first-order valence-corrected chi connectivity index (χ1v) is 10.7. The number of likely N-dealkylation sites (tertiary alicyclic amines) is 1. The van der Waals surface area contributed by atoms with E-state index in [-0.39, 0.29) is 6.03 Å². The quantitative estimate of drug-likeness (QED) is 0.865. The number of carbonyl (C=O) groups excluding carboxylic acids is 1. The zero-order chi connectivity index (χ0) is 19.5. The van der Waals surface area contributed by atoms with E-state index in [2.05, 4.69) is 40.2 Å². The van der Waals surface area contributed by atoms with Gasteiger partial charge in [0.05, 0.1) is 23.9 Å². The highest BCUT2D eigenvalue weighted by Gasteiger charge is 2.28. The van der Waals surface area contributed by atoms with E-state index in [0.29, 0.717) is 18.2 Å². The molecule has 0 bridgehead atoms. The van der Waals surface area contributed by atoms with Gasteiger partial charge in [-0.2, -0.15) is 5.10 Å². The molecule has 2 heterocycles. The number of amides is 2. The number of hydrogen-bond acceptors (Lipinski definition) is 3. The highest BCUT2D eigenvalue weighted by atomic mass is 16.5. The summed E-state index contributed by atoms with van der Waals surface area (Å²) >= 11 is 0. The molecule has 0 radical (unpaired) electrons. The van der Waals surface area contributed by atoms with Crippen molar-refractivity contribution in [2.24, 2.45) is 0 Å². The normalized spacial score (nSPS) is 23.9. The fourth-order valence-electron chi connectivity index (χ4n) is 4.65. The smallest absolute Gasteiger partial charge is 0.317 e. The number of aryl methyl sites for hydroxylation is 1. The van der Waals surface area contributed by atoms with Gasteiger partial charge in [0.1, 0.15) is 0 Å². The summed E-state index contributed by atoms with van der Waals surface area (Å²) in [4.78, 5) is 14.7. The maximum Gasteiger partial charge on any atom is 0.317 e. The third kappa shape index (κ3) is 4.17. The molecule has 1 saturated heterocycles. The van der Waals surface area contributed by atoms with Crippen molar-refractivity contribution in [1.29, 1.82) is 0 Å². The van der Waals surface area contributed by atoms with Gasteiger partial charge in [0, 0.05) is 31.1 Å². The van der Waals surface area contributed by atoms with Crippen LogP contribution in [0.3, 0.4) is 0 Å². The molecule has 4 rings (SSSR count). The largest absolute Gasteiger partial charge is 0.379 e. The van der Waals surface area contributed by atoms with E-state index in [9.17, 15) is 4.79 Å². The summed E-state index contributed by atoms with van der Waals surface area (Å²) in [5.74, 6) is 0. The predicted molar refractivity (Wildman–Crippen MR) is 111 cm³/mol. The van der Waals surface area contributed by atoms with Gasteiger partial charge in [-0.3, -0.25) is 4.68 Å². The molecule has 2 amide bonds. The molecule has 28 heavy (non-hydrogen) atoms. The molecule has 6 nitrogen and oxygen atoms in total. The third-order valence-electron chi connectivity index (χ3n) is 6.25. The number of ether oxygens (including phenoxy) is 1. The molecule has 152 valence electrons. The number of aromatic nitrogens is 2. The van der Waals surface area contributed by atoms with E-state index in [0.717, 1.165) is 58.2 Å². The molecule has 2 fully saturated rings. The summed E-state index contributed by atoms with van der Waals surface area (Å²) in [5.41, 5.74) is 2.45. The minimum atomic E-state index is 0.0965. The van der Waals surface area contributed by atoms with Crippen LogP contribution >= 0.6 is 0 Å². The molecule has 1 aliphatic carbocycles. The number of nitrogens with one attached hydrogen (secondary N) is 1. The summed E-state index contributed by atoms with van der Waals surface area (Å²) in [6.07, 6.45) is 8.38. The summed E-state index contributed by atoms with van der Waals surface area (Å²) in [6, 6.07) is 7.24. The molecule has 1 aliphatic heterocycles. The Morgan fingerprint density at radius 2 is 1.93 bits per heavy atom. The molecule has 1 aromatic heterocycles. The van der Waals surface area contributed by atoms with Gasteiger partial charge in [-0.05, 0) is 64.5 Å². The van der Waals surface area contributed by atoms with E-state index < -0.39 is 0 Å². The first-order chi connectivity index (χ1) is 13.6. The fourth-order valence-corrected chi connectivity index (χ4v) is 4.65. The number of urea groups is 1. The van der Waals surface area contributed by atoms with Crippen LogP contribution in [0.4, 0.5) is 4.79 Å². The molecule has 1 N–H and O–H groups in total. The van der Waals surface area contributed by atoms with Crippen molar-refractivity contribution in [3.05, 3.63) is 30.0 Å². The van der Waals surface area contributed by atoms with Crippen LogP contribution in [0.2, 0.25) is 0 Å². The van der Waals surface area contributed by atoms with Crippen LogP contribution in [-0.2, 0) is 4.74 Å². The van der Waals surface area contributed by atoms with Crippen LogP contribution in [0.1, 0.15) is 57.1 Å². The number of piperidine rings is 1. The molecule has 2 aromatic rings. The average molecular weight is 385 g/mol. The molecular weight excluding hydrogens is 352 g/mol. The van der Waals surface area contributed by atoms with Crippen LogP contribution in [0, 0.1) is 6.92 Å². The average Bonchev–Trinajstić information content (AvgIpc) is 3.13. The number of rotatable bonds is 4. The van der Waals surface area contributed by atoms with Gasteiger partial charge in [-0.1, -0.05) is 11.6 Å². The monoisotopic (exact) mass is 384 g/mol. The van der Waals surface area contributed by atoms with Gasteiger partial charge < -0.3 is 15.0 Å². The molecule has 0 atom stereocenters. The number of benzene rings is 1. The van der Waals surface area contributed by atoms with Crippen molar-refractivity contribution in [2.45, 2.75) is 70.6 Å². The Morgan fingerprint density at radius 3 is 2.64 bits per heavy atom. The van der Waals surface area contributed by atoms with Crippen LogP contribution in [0.15, 0.2) is 24.4 Å². The number of hydrogen-bond donors (Lipinski definition) is 1. The van der Waals surface area contributed by atoms with Crippen LogP contribution in [-0.4, -0.2) is 52.6 Å². The SMILES string of the molecule is CCOC1CCC(NC(=O)N2CCC(n3ncc4cc(C)ccc43)CC2)CC1. The van der Waals surface area contributed by atoms with Crippen molar-refractivity contribution in [1.82, 2.24) is 20.0 Å². The Labute approximate surface area is 167 Å². The second-order valence-electron chi connectivity index (χ2n) is 8.25. The van der Waals surface area contributed by atoms with Crippen molar-refractivity contribution in [3.8, 4) is 0 Å². The Morgan fingerprint density at radius 1 is 1.18 bits per heavy atom. The van der Waals surface area contributed by atoms with E-state index in [1.54, 1.807) is 0 Å². The summed E-state index contributed by atoms with van der Waals surface area (Å²) in [7, 11) is 0. The minimum absolute atomic E-state index is 0.0965. The molecule has 2 aliphatic rings. The first-order valence-electron chi connectivity index (χ1n) is 10.7. The minimum Gasteiger partial charge on any atom is -0.379 e. The lowest BCUT2D eigenvalue weighted by Gasteiger charge is -2.35. The maximum absolute atomic E-state index is 12.7. The zero-order valence-electron chi connectivity index (χ0n) is 17.1. The van der Waals surface area contributed by atoms with Gasteiger partial charge in [-0.25, -0.2) is 4.79 Å². The van der Waals surface area contributed by atoms with Crippen molar-refractivity contribution in [3.63, 3.8) is 0 Å². The van der Waals surface area contributed by atoms with Crippen LogP contribution in [0.25, 0.3) is 10.9 Å². The van der Waals surface area contributed by atoms with Crippen molar-refractivity contribution < 1.29 is 9.53 Å². The number of nitrogens with zero attached hydrogens (tertiary/aromatic N) is 3. The Hall–Kier alpha value is -2.08. The maximum atomic E-state index is 12.7. The molecular formula is C22H32N4O2. The number of carbonyl (C=O) groups is 1. The van der Waals surface area contributed by atoms with Gasteiger partial charge >= 0.3 is 6.03 Å². The van der Waals surface area contributed by atoms with Gasteiger partial charge in [0.15, 0.2) is 0 Å². The van der Waals surface area contributed by atoms with Gasteiger partial charge in [-0.15, -0.1) is 0 Å². The van der Waals surface area contributed by atoms with Crippen molar-refractivity contribution >= 4 is 16.9 Å². The lowest BCUT2D eigenvalue weighted by Crippen LogP contribution is -2.49. The Bertz CT molecular complexity index is 802. The lowest BCUT2D eigenvalue weighted by molar-refractivity contribution is 0.0306. The Balaban J connectivity index is 1.28. The van der Waals surface area contributed by atoms with Gasteiger partial charge in [0.2, 0.25) is 0 Å². The van der Waals surface area contributed by atoms with E-state index >= 15 is 0 Å². The summed E-state index contributed by atoms with van der Waals surface area (Å²) in [6.45, 7) is 6.51. The summed E-state index contributed by atoms with van der Waals surface area (Å²) in [5, 5.41) is 9.07. The predicted octanol–water partition coefficient (Wildman–Crippen LogP) is 4.04. The molecule has 0 spiro atoms. The van der Waals surface area contributed by atoms with E-state index in [1.165, 1.54) is 16.5 Å². The lowest BCUT2D eigenvalue weighted by atomic mass is 9.93. The van der Waals surface area contributed by atoms with Crippen LogP contribution < -0.4 is 5.32 Å². The summed E-state index contributed by atoms with van der Waals surface area (Å²) < 4.78 is 7.86. The standard InChI is InChI=1S/C22H32N4O2/c1-3-28-20-7-5-18(6-8-20)24-22(27)25-12-10-19(11-13-25)26-21-9-4-16(2)14-17(21)15-23-26/h4,9,14-15,18-20H,3,5-8,10-13H2,1-2H3,(H,24,27). The first kappa shape index (κ1) is 19.2. The zero-order valence-corrected chi connectivity index (χ0v) is 17.1. The van der Waals surface area contributed by atoms with Crippen molar-refractivity contribution in [2.75, 3.05) is 19.7 Å². The molecule has 6 heteroatoms. The highest BCUT2D eigenvalue weighted by Crippen LogP contribution is 2.27. The molecule has 1 aromatic carbocycles. The second-order valence-corrected chi connectivity index (χ2v) is 8.25. The van der Waals surface area contributed by atoms with Gasteiger partial charge in [0.25, 0.3) is 0 Å². The van der Waals surface area contributed by atoms with E-state index in [4.69, 9.17) is 4.74 Å². The Kier molecular flexibility index (Phi) is 5.85.